The van der Waals surface area contributed by atoms with Gasteiger partial charge in [0.15, 0.2) is 5.43 Å². The molecular weight excluding hydrogens is 237 g/mol. The molecule has 90 valence electrons. The van der Waals surface area contributed by atoms with Gasteiger partial charge in [-0.2, -0.15) is 0 Å². The van der Waals surface area contributed by atoms with Crippen LogP contribution in [0.1, 0.15) is 17.6 Å². The van der Waals surface area contributed by atoms with E-state index in [9.17, 15) is 26.7 Å². The fourth-order valence-electron chi connectivity index (χ4n) is 1.03. The summed E-state index contributed by atoms with van der Waals surface area (Å²) in [4.78, 5) is 13.0. The summed E-state index contributed by atoms with van der Waals surface area (Å²) in [5.41, 5.74) is -2.62. The molecule has 1 aromatic rings. The van der Waals surface area contributed by atoms with Crippen LogP contribution in [0.25, 0.3) is 0 Å². The number of nitrogens with one attached hydrogen (secondary N) is 1. The topological polar surface area (TPSA) is 42.1 Å². The lowest BCUT2D eigenvalue weighted by Crippen LogP contribution is -2.23. The zero-order chi connectivity index (χ0) is 12.5. The van der Waals surface area contributed by atoms with Crippen molar-refractivity contribution in [2.75, 3.05) is 0 Å². The average molecular weight is 243 g/mol. The van der Waals surface area contributed by atoms with Crippen molar-refractivity contribution < 1.29 is 26.7 Å². The lowest BCUT2D eigenvalue weighted by Gasteiger charge is -2.12. The van der Waals surface area contributed by atoms with Crippen molar-refractivity contribution in [2.45, 2.75) is 19.7 Å². The third kappa shape index (κ3) is 2.71. The second-order valence-corrected chi connectivity index (χ2v) is 2.89. The van der Waals surface area contributed by atoms with E-state index >= 15 is 0 Å². The van der Waals surface area contributed by atoms with Gasteiger partial charge in [-0.3, -0.25) is 4.79 Å². The van der Waals surface area contributed by atoms with E-state index in [0.29, 0.717) is 0 Å². The molecule has 0 aromatic carbocycles. The van der Waals surface area contributed by atoms with Gasteiger partial charge in [0.2, 0.25) is 5.88 Å². The number of aromatic amines is 1. The Bertz CT molecular complexity index is 437. The van der Waals surface area contributed by atoms with Crippen molar-refractivity contribution in [3.8, 4) is 5.88 Å². The molecule has 0 unspecified atom stereocenters. The maximum Gasteiger partial charge on any atom is 0.574 e. The van der Waals surface area contributed by atoms with Gasteiger partial charge in [-0.05, 0) is 6.92 Å². The summed E-state index contributed by atoms with van der Waals surface area (Å²) in [5.74, 6) is -1.28. The number of hydrogen-bond acceptors (Lipinski definition) is 2. The van der Waals surface area contributed by atoms with Crippen molar-refractivity contribution in [2.24, 2.45) is 0 Å². The molecule has 16 heavy (non-hydrogen) atoms. The molecule has 0 amide bonds. The monoisotopic (exact) mass is 243 g/mol. The number of pyridine rings is 1. The SMILES string of the molecule is Cc1c[nH]c(OC(F)(F)F)c(C(F)F)c1=O. The molecule has 0 fully saturated rings. The number of ether oxygens (including phenoxy) is 1. The Hall–Kier alpha value is -1.60. The fraction of sp³-hybridized carbons (Fsp3) is 0.375. The highest BCUT2D eigenvalue weighted by atomic mass is 19.4. The van der Waals surface area contributed by atoms with Crippen LogP contribution in [-0.4, -0.2) is 11.3 Å². The lowest BCUT2D eigenvalue weighted by molar-refractivity contribution is -0.276. The van der Waals surface area contributed by atoms with Gasteiger partial charge in [-0.15, -0.1) is 13.2 Å². The molecule has 0 aliphatic rings. The average Bonchev–Trinajstić information content (AvgIpc) is 2.08. The molecule has 0 saturated carbocycles. The molecule has 1 N–H and O–H groups in total. The van der Waals surface area contributed by atoms with E-state index in [0.717, 1.165) is 6.20 Å². The first-order chi connectivity index (χ1) is 7.22. The summed E-state index contributed by atoms with van der Waals surface area (Å²) < 4.78 is 63.5. The lowest BCUT2D eigenvalue weighted by atomic mass is 10.2. The number of rotatable bonds is 2. The minimum absolute atomic E-state index is 0.121. The summed E-state index contributed by atoms with van der Waals surface area (Å²) >= 11 is 0. The summed E-state index contributed by atoms with van der Waals surface area (Å²) in [6.07, 6.45) is -7.61. The molecule has 1 heterocycles. The first-order valence-electron chi connectivity index (χ1n) is 3.98. The molecule has 0 spiro atoms. The fourth-order valence-corrected chi connectivity index (χ4v) is 1.03. The summed E-state index contributed by atoms with van der Waals surface area (Å²) in [7, 11) is 0. The molecule has 0 saturated heterocycles. The molecule has 0 radical (unpaired) electrons. The smallest absolute Gasteiger partial charge is 0.389 e. The molecule has 0 atom stereocenters. The van der Waals surface area contributed by atoms with E-state index < -0.39 is 29.7 Å². The Morgan fingerprint density at radius 2 is 1.94 bits per heavy atom. The van der Waals surface area contributed by atoms with Crippen LogP contribution >= 0.6 is 0 Å². The van der Waals surface area contributed by atoms with Gasteiger partial charge in [-0.1, -0.05) is 0 Å². The first kappa shape index (κ1) is 12.5. The van der Waals surface area contributed by atoms with E-state index in [1.165, 1.54) is 6.92 Å². The number of hydrogen-bond donors (Lipinski definition) is 1. The Labute approximate surface area is 85.8 Å². The third-order valence-corrected chi connectivity index (χ3v) is 1.70. The molecule has 0 bridgehead atoms. The second-order valence-electron chi connectivity index (χ2n) is 2.89. The van der Waals surface area contributed by atoms with Crippen molar-refractivity contribution >= 4 is 0 Å². The van der Waals surface area contributed by atoms with Gasteiger partial charge in [0.25, 0.3) is 6.43 Å². The normalized spacial score (nSPS) is 11.9. The van der Waals surface area contributed by atoms with Crippen LogP contribution in [0.3, 0.4) is 0 Å². The summed E-state index contributed by atoms with van der Waals surface area (Å²) in [6, 6.07) is 0. The van der Waals surface area contributed by atoms with Gasteiger partial charge in [0, 0.05) is 11.8 Å². The molecule has 8 heteroatoms. The van der Waals surface area contributed by atoms with Crippen molar-refractivity contribution in [1.29, 1.82) is 0 Å². The predicted molar refractivity (Wildman–Crippen MR) is 43.4 cm³/mol. The van der Waals surface area contributed by atoms with Crippen molar-refractivity contribution in [1.82, 2.24) is 4.98 Å². The largest absolute Gasteiger partial charge is 0.574 e. The molecule has 1 aromatic heterocycles. The molecule has 0 aliphatic heterocycles. The highest BCUT2D eigenvalue weighted by Crippen LogP contribution is 2.28. The van der Waals surface area contributed by atoms with Crippen LogP contribution in [0.4, 0.5) is 22.0 Å². The van der Waals surface area contributed by atoms with Crippen molar-refractivity contribution in [3.63, 3.8) is 0 Å². The predicted octanol–water partition coefficient (Wildman–Crippen LogP) is 2.52. The van der Waals surface area contributed by atoms with E-state index in [2.05, 4.69) is 4.74 Å². The maximum absolute atomic E-state index is 12.4. The van der Waals surface area contributed by atoms with E-state index in [1.54, 1.807) is 0 Å². The van der Waals surface area contributed by atoms with Crippen LogP contribution < -0.4 is 10.2 Å². The molecule has 3 nitrogen and oxygen atoms in total. The number of halogens is 5. The van der Waals surface area contributed by atoms with Gasteiger partial charge < -0.3 is 9.72 Å². The minimum atomic E-state index is -5.14. The Morgan fingerprint density at radius 3 is 2.38 bits per heavy atom. The van der Waals surface area contributed by atoms with Gasteiger partial charge >= 0.3 is 6.36 Å². The first-order valence-corrected chi connectivity index (χ1v) is 3.98. The Kier molecular flexibility index (Phi) is 3.20. The van der Waals surface area contributed by atoms with Gasteiger partial charge in [0.05, 0.1) is 0 Å². The Balaban J connectivity index is 3.30. The van der Waals surface area contributed by atoms with E-state index in [1.807, 2.05) is 4.98 Å². The van der Waals surface area contributed by atoms with Gasteiger partial charge in [0.1, 0.15) is 5.56 Å². The zero-order valence-electron chi connectivity index (χ0n) is 7.86. The highest BCUT2D eigenvalue weighted by Gasteiger charge is 2.34. The summed E-state index contributed by atoms with van der Waals surface area (Å²) in [6.45, 7) is 1.20. The van der Waals surface area contributed by atoms with Crippen LogP contribution in [0.5, 0.6) is 5.88 Å². The minimum Gasteiger partial charge on any atom is -0.389 e. The molecular formula is C8H6F5NO2. The molecule has 1 rings (SSSR count). The Morgan fingerprint density at radius 1 is 1.38 bits per heavy atom. The van der Waals surface area contributed by atoms with Gasteiger partial charge in [-0.25, -0.2) is 8.78 Å². The summed E-state index contributed by atoms with van der Waals surface area (Å²) in [5, 5.41) is 0. The molecule has 0 aliphatic carbocycles. The van der Waals surface area contributed by atoms with E-state index in [-0.39, 0.29) is 5.56 Å². The third-order valence-electron chi connectivity index (χ3n) is 1.70. The standard InChI is InChI=1S/C8H6F5NO2/c1-3-2-14-7(16-8(11,12)13)4(5(3)15)6(9)10/h2,6H,1H3,(H,14,15). The number of aromatic nitrogens is 1. The number of alkyl halides is 5. The van der Waals surface area contributed by atoms with Crippen molar-refractivity contribution in [3.05, 3.63) is 27.5 Å². The van der Waals surface area contributed by atoms with Crippen LogP contribution in [0.2, 0.25) is 0 Å². The number of H-pyrrole nitrogens is 1. The number of aryl methyl sites for hydroxylation is 1. The maximum atomic E-state index is 12.4. The highest BCUT2D eigenvalue weighted by molar-refractivity contribution is 5.30. The second kappa shape index (κ2) is 4.11. The van der Waals surface area contributed by atoms with E-state index in [4.69, 9.17) is 0 Å². The van der Waals surface area contributed by atoms with Crippen LogP contribution in [0, 0.1) is 6.92 Å². The zero-order valence-corrected chi connectivity index (χ0v) is 7.86. The van der Waals surface area contributed by atoms with Crippen LogP contribution in [0.15, 0.2) is 11.0 Å². The van der Waals surface area contributed by atoms with Crippen LogP contribution in [-0.2, 0) is 0 Å². The quantitative estimate of drug-likeness (QED) is 0.811.